The maximum absolute atomic E-state index is 12.0. The minimum atomic E-state index is -0.106. The number of aromatic nitrogens is 1. The average molecular weight is 247 g/mol. The number of nitrogens with zero attached hydrogens (tertiary/aromatic N) is 1. The molecule has 0 bridgehead atoms. The molecule has 3 N–H and O–H groups in total. The average Bonchev–Trinajstić information content (AvgIpc) is 2.45. The summed E-state index contributed by atoms with van der Waals surface area (Å²) in [6.07, 6.45) is 5.48. The second-order valence-electron chi connectivity index (χ2n) is 4.95. The molecule has 5 heteroatoms. The van der Waals surface area contributed by atoms with Crippen molar-refractivity contribution in [3.05, 3.63) is 30.1 Å². The largest absolute Gasteiger partial charge is 0.376 e. The van der Waals surface area contributed by atoms with Crippen LogP contribution in [-0.2, 0) is 4.74 Å². The van der Waals surface area contributed by atoms with Gasteiger partial charge in [-0.25, -0.2) is 0 Å². The SMILES string of the molecule is NC1C2CCCOC2C1NC(=O)c1ccncc1. The quantitative estimate of drug-likeness (QED) is 0.789. The third-order valence-electron chi connectivity index (χ3n) is 3.92. The van der Waals surface area contributed by atoms with Gasteiger partial charge in [-0.3, -0.25) is 9.78 Å². The topological polar surface area (TPSA) is 77.2 Å². The van der Waals surface area contributed by atoms with Crippen molar-refractivity contribution >= 4 is 5.91 Å². The van der Waals surface area contributed by atoms with Crippen LogP contribution in [0.25, 0.3) is 0 Å². The number of nitrogens with two attached hydrogens (primary N) is 1. The molecule has 4 unspecified atom stereocenters. The molecule has 2 aliphatic rings. The molecule has 1 aromatic heterocycles. The predicted octanol–water partition coefficient (Wildman–Crippen LogP) is 0.316. The summed E-state index contributed by atoms with van der Waals surface area (Å²) in [6.45, 7) is 0.773. The van der Waals surface area contributed by atoms with Crippen LogP contribution in [-0.4, -0.2) is 35.7 Å². The lowest BCUT2D eigenvalue weighted by molar-refractivity contribution is -0.117. The van der Waals surface area contributed by atoms with Gasteiger partial charge in [-0.1, -0.05) is 0 Å². The van der Waals surface area contributed by atoms with Gasteiger partial charge < -0.3 is 15.8 Å². The van der Waals surface area contributed by atoms with Gasteiger partial charge in [-0.2, -0.15) is 0 Å². The number of carbonyl (C=O) groups is 1. The molecule has 1 amide bonds. The van der Waals surface area contributed by atoms with Crippen molar-refractivity contribution < 1.29 is 9.53 Å². The number of rotatable bonds is 2. The summed E-state index contributed by atoms with van der Waals surface area (Å²) in [5.41, 5.74) is 6.70. The molecule has 2 heterocycles. The summed E-state index contributed by atoms with van der Waals surface area (Å²) in [7, 11) is 0. The molecule has 3 rings (SSSR count). The highest BCUT2D eigenvalue weighted by Crippen LogP contribution is 2.37. The number of nitrogens with one attached hydrogen (secondary N) is 1. The second kappa shape index (κ2) is 4.66. The number of carbonyl (C=O) groups excluding carboxylic acids is 1. The van der Waals surface area contributed by atoms with E-state index in [9.17, 15) is 4.79 Å². The van der Waals surface area contributed by atoms with E-state index in [2.05, 4.69) is 10.3 Å². The van der Waals surface area contributed by atoms with E-state index in [0.29, 0.717) is 11.5 Å². The highest BCUT2D eigenvalue weighted by atomic mass is 16.5. The Bertz CT molecular complexity index is 437. The van der Waals surface area contributed by atoms with Gasteiger partial charge >= 0.3 is 0 Å². The monoisotopic (exact) mass is 247 g/mol. The van der Waals surface area contributed by atoms with Gasteiger partial charge in [0.2, 0.25) is 0 Å². The first kappa shape index (κ1) is 11.6. The van der Waals surface area contributed by atoms with Crippen molar-refractivity contribution in [3.8, 4) is 0 Å². The minimum absolute atomic E-state index is 0.0149. The fraction of sp³-hybridized carbons (Fsp3) is 0.538. The summed E-state index contributed by atoms with van der Waals surface area (Å²) < 4.78 is 5.69. The highest BCUT2D eigenvalue weighted by Gasteiger charge is 2.51. The van der Waals surface area contributed by atoms with Gasteiger partial charge in [0.25, 0.3) is 5.91 Å². The van der Waals surface area contributed by atoms with E-state index in [1.165, 1.54) is 0 Å². The van der Waals surface area contributed by atoms with E-state index >= 15 is 0 Å². The second-order valence-corrected chi connectivity index (χ2v) is 4.95. The van der Waals surface area contributed by atoms with Crippen LogP contribution in [0, 0.1) is 5.92 Å². The fourth-order valence-electron chi connectivity index (χ4n) is 2.86. The molecule has 1 saturated heterocycles. The number of pyridine rings is 1. The first-order valence-electron chi connectivity index (χ1n) is 6.35. The molecule has 1 saturated carbocycles. The zero-order valence-electron chi connectivity index (χ0n) is 10.1. The van der Waals surface area contributed by atoms with Crippen molar-refractivity contribution in [2.24, 2.45) is 11.7 Å². The molecule has 96 valence electrons. The van der Waals surface area contributed by atoms with Crippen molar-refractivity contribution in [2.45, 2.75) is 31.0 Å². The van der Waals surface area contributed by atoms with Crippen molar-refractivity contribution in [3.63, 3.8) is 0 Å². The van der Waals surface area contributed by atoms with E-state index in [4.69, 9.17) is 10.5 Å². The molecule has 2 fully saturated rings. The number of hydrogen-bond donors (Lipinski definition) is 2. The van der Waals surface area contributed by atoms with Crippen LogP contribution in [0.4, 0.5) is 0 Å². The number of ether oxygens (including phenoxy) is 1. The normalized spacial score (nSPS) is 34.3. The molecule has 0 spiro atoms. The van der Waals surface area contributed by atoms with Gasteiger partial charge in [0.1, 0.15) is 0 Å². The van der Waals surface area contributed by atoms with Crippen LogP contribution >= 0.6 is 0 Å². The number of amides is 1. The summed E-state index contributed by atoms with van der Waals surface area (Å²) in [5.74, 6) is 0.298. The first-order valence-corrected chi connectivity index (χ1v) is 6.35. The molecule has 4 atom stereocenters. The van der Waals surface area contributed by atoms with Crippen LogP contribution in [0.5, 0.6) is 0 Å². The smallest absolute Gasteiger partial charge is 0.251 e. The minimum Gasteiger partial charge on any atom is -0.376 e. The van der Waals surface area contributed by atoms with Gasteiger partial charge in [0.05, 0.1) is 12.1 Å². The Hall–Kier alpha value is -1.46. The first-order chi connectivity index (χ1) is 8.77. The fourth-order valence-corrected chi connectivity index (χ4v) is 2.86. The Morgan fingerprint density at radius 2 is 2.22 bits per heavy atom. The standard InChI is InChI=1S/C13H17N3O2/c14-10-9-2-1-7-18-12(9)11(10)16-13(17)8-3-5-15-6-4-8/h3-6,9-12H,1-2,7,14H2,(H,16,17). The molecular formula is C13H17N3O2. The van der Waals surface area contributed by atoms with Crippen LogP contribution in [0.3, 0.4) is 0 Å². The Kier molecular flexibility index (Phi) is 3.01. The van der Waals surface area contributed by atoms with Gasteiger partial charge in [-0.15, -0.1) is 0 Å². The number of hydrogen-bond acceptors (Lipinski definition) is 4. The van der Waals surface area contributed by atoms with Crippen LogP contribution in [0.2, 0.25) is 0 Å². The zero-order chi connectivity index (χ0) is 12.5. The van der Waals surface area contributed by atoms with Gasteiger partial charge in [-0.05, 0) is 25.0 Å². The Labute approximate surface area is 106 Å². The Balaban J connectivity index is 1.65. The van der Waals surface area contributed by atoms with Crippen LogP contribution < -0.4 is 11.1 Å². The molecule has 18 heavy (non-hydrogen) atoms. The van der Waals surface area contributed by atoms with E-state index in [1.54, 1.807) is 24.5 Å². The lowest BCUT2D eigenvalue weighted by atomic mass is 9.68. The van der Waals surface area contributed by atoms with E-state index in [1.807, 2.05) is 0 Å². The molecule has 0 aromatic carbocycles. The number of fused-ring (bicyclic) bond motifs is 1. The molecule has 5 nitrogen and oxygen atoms in total. The highest BCUT2D eigenvalue weighted by molar-refractivity contribution is 5.94. The maximum atomic E-state index is 12.0. The predicted molar refractivity (Wildman–Crippen MR) is 65.9 cm³/mol. The van der Waals surface area contributed by atoms with E-state index in [0.717, 1.165) is 19.4 Å². The lowest BCUT2D eigenvalue weighted by Gasteiger charge is -2.52. The molecule has 1 aliphatic heterocycles. The Morgan fingerprint density at radius 1 is 1.44 bits per heavy atom. The molecule has 0 radical (unpaired) electrons. The summed E-state index contributed by atoms with van der Waals surface area (Å²) >= 11 is 0. The van der Waals surface area contributed by atoms with Crippen LogP contribution in [0.1, 0.15) is 23.2 Å². The zero-order valence-corrected chi connectivity index (χ0v) is 10.1. The van der Waals surface area contributed by atoms with Crippen molar-refractivity contribution in [1.82, 2.24) is 10.3 Å². The van der Waals surface area contributed by atoms with Crippen molar-refractivity contribution in [2.75, 3.05) is 6.61 Å². The third kappa shape index (κ3) is 1.89. The summed E-state index contributed by atoms with van der Waals surface area (Å²) in [4.78, 5) is 15.9. The van der Waals surface area contributed by atoms with E-state index in [-0.39, 0.29) is 24.1 Å². The lowest BCUT2D eigenvalue weighted by Crippen LogP contribution is -2.72. The van der Waals surface area contributed by atoms with Crippen molar-refractivity contribution in [1.29, 1.82) is 0 Å². The third-order valence-corrected chi connectivity index (χ3v) is 3.92. The molecular weight excluding hydrogens is 230 g/mol. The van der Waals surface area contributed by atoms with Gasteiger partial charge in [0, 0.05) is 36.5 Å². The van der Waals surface area contributed by atoms with Gasteiger partial charge in [0.15, 0.2) is 0 Å². The van der Waals surface area contributed by atoms with E-state index < -0.39 is 0 Å². The molecule has 1 aromatic rings. The Morgan fingerprint density at radius 3 is 3.00 bits per heavy atom. The molecule has 1 aliphatic carbocycles. The van der Waals surface area contributed by atoms with Crippen LogP contribution in [0.15, 0.2) is 24.5 Å². The summed E-state index contributed by atoms with van der Waals surface area (Å²) in [5, 5.41) is 2.96. The maximum Gasteiger partial charge on any atom is 0.251 e. The summed E-state index contributed by atoms with van der Waals surface area (Å²) in [6, 6.07) is 3.34.